The molecule has 0 aliphatic carbocycles. The Morgan fingerprint density at radius 3 is 2.75 bits per heavy atom. The van der Waals surface area contributed by atoms with E-state index in [-0.39, 0.29) is 0 Å². The highest BCUT2D eigenvalue weighted by Crippen LogP contribution is 2.38. The third kappa shape index (κ3) is 2.66. The van der Waals surface area contributed by atoms with E-state index in [4.69, 9.17) is 23.2 Å². The summed E-state index contributed by atoms with van der Waals surface area (Å²) < 4.78 is 1.92. The zero-order chi connectivity index (χ0) is 14.3. The van der Waals surface area contributed by atoms with Crippen LogP contribution in [-0.2, 0) is 0 Å². The van der Waals surface area contributed by atoms with Crippen molar-refractivity contribution < 1.29 is 0 Å². The van der Waals surface area contributed by atoms with E-state index in [1.807, 2.05) is 18.2 Å². The first kappa shape index (κ1) is 14.1. The first-order chi connectivity index (χ1) is 9.54. The van der Waals surface area contributed by atoms with Gasteiger partial charge in [0, 0.05) is 4.47 Å². The highest BCUT2D eigenvalue weighted by atomic mass is 79.9. The molecule has 102 valence electrons. The quantitative estimate of drug-likeness (QED) is 0.513. The first-order valence-electron chi connectivity index (χ1n) is 5.82. The number of aryl methyl sites for hydroxylation is 1. The Morgan fingerprint density at radius 1 is 1.15 bits per heavy atom. The summed E-state index contributed by atoms with van der Waals surface area (Å²) in [5, 5.41) is 4.99. The number of anilines is 2. The predicted octanol–water partition coefficient (Wildman–Crippen LogP) is 6.42. The Labute approximate surface area is 138 Å². The van der Waals surface area contributed by atoms with E-state index in [9.17, 15) is 0 Å². The molecule has 0 aliphatic rings. The van der Waals surface area contributed by atoms with Crippen molar-refractivity contribution in [2.75, 3.05) is 5.32 Å². The summed E-state index contributed by atoms with van der Waals surface area (Å²) in [5.74, 6) is 0. The van der Waals surface area contributed by atoms with Crippen molar-refractivity contribution in [2.45, 2.75) is 6.92 Å². The van der Waals surface area contributed by atoms with Gasteiger partial charge in [-0.3, -0.25) is 0 Å². The van der Waals surface area contributed by atoms with E-state index in [1.54, 1.807) is 11.3 Å². The molecule has 6 heteroatoms. The molecule has 1 aromatic heterocycles. The fourth-order valence-corrected chi connectivity index (χ4v) is 3.62. The summed E-state index contributed by atoms with van der Waals surface area (Å²) in [5.41, 5.74) is 2.94. The number of hydrogen-bond donors (Lipinski definition) is 1. The van der Waals surface area contributed by atoms with E-state index < -0.39 is 0 Å². The average Bonchev–Trinajstić information content (AvgIpc) is 2.81. The van der Waals surface area contributed by atoms with E-state index in [0.717, 1.165) is 25.5 Å². The van der Waals surface area contributed by atoms with Crippen molar-refractivity contribution in [3.63, 3.8) is 0 Å². The monoisotopic (exact) mass is 386 g/mol. The average molecular weight is 388 g/mol. The number of halogens is 3. The van der Waals surface area contributed by atoms with Gasteiger partial charge in [0.05, 0.1) is 25.9 Å². The Hall–Kier alpha value is -0.810. The summed E-state index contributed by atoms with van der Waals surface area (Å²) in [6, 6.07) is 9.91. The molecule has 3 aromatic rings. The molecule has 2 aromatic carbocycles. The standard InChI is InChI=1S/C14H9BrCl2N2S/c1-7-2-4-9-11(6-7)20-14(18-9)19-10-5-3-8(15)12(16)13(10)17/h2-6H,1H3,(H,18,19). The van der Waals surface area contributed by atoms with E-state index in [2.05, 4.69) is 45.3 Å². The topological polar surface area (TPSA) is 24.9 Å². The Kier molecular flexibility index (Phi) is 3.91. The SMILES string of the molecule is Cc1ccc2nc(Nc3ccc(Br)c(Cl)c3Cl)sc2c1. The molecule has 0 saturated heterocycles. The van der Waals surface area contributed by atoms with Gasteiger partial charge in [-0.15, -0.1) is 0 Å². The van der Waals surface area contributed by atoms with Crippen LogP contribution >= 0.6 is 50.5 Å². The second-order valence-corrected chi connectivity index (χ2v) is 6.98. The maximum absolute atomic E-state index is 6.22. The summed E-state index contributed by atoms with van der Waals surface area (Å²) in [7, 11) is 0. The van der Waals surface area contributed by atoms with Crippen LogP contribution in [0, 0.1) is 6.92 Å². The lowest BCUT2D eigenvalue weighted by Gasteiger charge is -2.07. The molecule has 0 atom stereocenters. The number of hydrogen-bond acceptors (Lipinski definition) is 3. The van der Waals surface area contributed by atoms with Crippen LogP contribution in [0.15, 0.2) is 34.8 Å². The van der Waals surface area contributed by atoms with Gasteiger partial charge in [0.2, 0.25) is 0 Å². The van der Waals surface area contributed by atoms with E-state index in [1.165, 1.54) is 5.56 Å². The Balaban J connectivity index is 1.99. The lowest BCUT2D eigenvalue weighted by molar-refractivity contribution is 1.43. The molecule has 0 spiro atoms. The lowest BCUT2D eigenvalue weighted by Crippen LogP contribution is -1.90. The van der Waals surface area contributed by atoms with Gasteiger partial charge < -0.3 is 5.32 Å². The van der Waals surface area contributed by atoms with E-state index in [0.29, 0.717) is 10.0 Å². The second-order valence-electron chi connectivity index (χ2n) is 4.34. The van der Waals surface area contributed by atoms with Crippen molar-refractivity contribution in [1.82, 2.24) is 4.98 Å². The third-order valence-corrected chi connectivity index (χ3v) is 5.53. The highest BCUT2D eigenvalue weighted by molar-refractivity contribution is 9.10. The molecule has 0 bridgehead atoms. The number of rotatable bonds is 2. The molecule has 0 saturated carbocycles. The molecular formula is C14H9BrCl2N2S. The fraction of sp³-hybridized carbons (Fsp3) is 0.0714. The molecule has 0 radical (unpaired) electrons. The van der Waals surface area contributed by atoms with Gasteiger partial charge >= 0.3 is 0 Å². The number of nitrogens with zero attached hydrogens (tertiary/aromatic N) is 1. The molecule has 1 N–H and O–H groups in total. The molecule has 20 heavy (non-hydrogen) atoms. The molecule has 0 aliphatic heterocycles. The molecule has 1 heterocycles. The zero-order valence-electron chi connectivity index (χ0n) is 10.4. The van der Waals surface area contributed by atoms with Crippen LogP contribution in [0.5, 0.6) is 0 Å². The zero-order valence-corrected chi connectivity index (χ0v) is 14.3. The Bertz CT molecular complexity index is 801. The molecule has 0 unspecified atom stereocenters. The summed E-state index contributed by atoms with van der Waals surface area (Å²) in [6.45, 7) is 2.07. The summed E-state index contributed by atoms with van der Waals surface area (Å²) >= 11 is 17.3. The van der Waals surface area contributed by atoms with Crippen LogP contribution in [0.1, 0.15) is 5.56 Å². The van der Waals surface area contributed by atoms with Crippen LogP contribution in [-0.4, -0.2) is 4.98 Å². The maximum atomic E-state index is 6.22. The van der Waals surface area contributed by atoms with Crippen LogP contribution in [0.3, 0.4) is 0 Å². The van der Waals surface area contributed by atoms with Crippen LogP contribution in [0.25, 0.3) is 10.2 Å². The van der Waals surface area contributed by atoms with Gasteiger partial charge in [0.25, 0.3) is 0 Å². The molecule has 2 nitrogen and oxygen atoms in total. The first-order valence-corrected chi connectivity index (χ1v) is 8.19. The highest BCUT2D eigenvalue weighted by Gasteiger charge is 2.10. The molecule has 0 fully saturated rings. The maximum Gasteiger partial charge on any atom is 0.188 e. The largest absolute Gasteiger partial charge is 0.330 e. The van der Waals surface area contributed by atoms with Crippen molar-refractivity contribution >= 4 is 71.5 Å². The van der Waals surface area contributed by atoms with Gasteiger partial charge in [0.1, 0.15) is 0 Å². The van der Waals surface area contributed by atoms with Gasteiger partial charge in [-0.25, -0.2) is 4.98 Å². The number of thiazole rings is 1. The van der Waals surface area contributed by atoms with Crippen molar-refractivity contribution in [1.29, 1.82) is 0 Å². The third-order valence-electron chi connectivity index (χ3n) is 2.82. The fourth-order valence-electron chi connectivity index (χ4n) is 1.82. The van der Waals surface area contributed by atoms with Crippen molar-refractivity contribution in [3.8, 4) is 0 Å². The normalized spacial score (nSPS) is 11.0. The van der Waals surface area contributed by atoms with E-state index >= 15 is 0 Å². The van der Waals surface area contributed by atoms with Gasteiger partial charge in [-0.2, -0.15) is 0 Å². The van der Waals surface area contributed by atoms with Crippen LogP contribution in [0.2, 0.25) is 10.0 Å². The Morgan fingerprint density at radius 2 is 1.95 bits per heavy atom. The minimum atomic E-state index is 0.483. The summed E-state index contributed by atoms with van der Waals surface area (Å²) in [4.78, 5) is 4.54. The lowest BCUT2D eigenvalue weighted by atomic mass is 10.2. The molecule has 3 rings (SSSR count). The van der Waals surface area contributed by atoms with Crippen molar-refractivity contribution in [2.24, 2.45) is 0 Å². The molecule has 0 amide bonds. The molecular weight excluding hydrogens is 379 g/mol. The number of nitrogens with one attached hydrogen (secondary N) is 1. The number of benzene rings is 2. The minimum absolute atomic E-state index is 0.483. The van der Waals surface area contributed by atoms with Crippen LogP contribution < -0.4 is 5.32 Å². The predicted molar refractivity (Wildman–Crippen MR) is 91.8 cm³/mol. The van der Waals surface area contributed by atoms with Gasteiger partial charge in [-0.05, 0) is 52.7 Å². The summed E-state index contributed by atoms with van der Waals surface area (Å²) in [6.07, 6.45) is 0. The van der Waals surface area contributed by atoms with Gasteiger partial charge in [-0.1, -0.05) is 40.6 Å². The van der Waals surface area contributed by atoms with Crippen LogP contribution in [0.4, 0.5) is 10.8 Å². The van der Waals surface area contributed by atoms with Gasteiger partial charge in [0.15, 0.2) is 5.13 Å². The minimum Gasteiger partial charge on any atom is -0.330 e. The number of fused-ring (bicyclic) bond motifs is 1. The second kappa shape index (κ2) is 5.53. The number of aromatic nitrogens is 1. The smallest absolute Gasteiger partial charge is 0.188 e. The van der Waals surface area contributed by atoms with Crippen molar-refractivity contribution in [3.05, 3.63) is 50.4 Å².